The molecule has 0 radical (unpaired) electrons. The van der Waals surface area contributed by atoms with E-state index in [9.17, 15) is 0 Å². The molecule has 29 heavy (non-hydrogen) atoms. The molecule has 0 saturated carbocycles. The van der Waals surface area contributed by atoms with Gasteiger partial charge in [0.05, 0.1) is 38.5 Å². The van der Waals surface area contributed by atoms with Gasteiger partial charge in [-0.1, -0.05) is 73.2 Å². The van der Waals surface area contributed by atoms with Gasteiger partial charge in [-0.15, -0.1) is 0 Å². The second kappa shape index (κ2) is 12.2. The number of rotatable bonds is 3. The number of nitrogens with zero attached hydrogens (tertiary/aromatic N) is 3. The van der Waals surface area contributed by atoms with Crippen molar-refractivity contribution in [2.24, 2.45) is 10.8 Å². The van der Waals surface area contributed by atoms with E-state index in [1.54, 1.807) is 0 Å². The molecule has 0 aliphatic carbocycles. The van der Waals surface area contributed by atoms with Gasteiger partial charge in [0.2, 0.25) is 0 Å². The minimum Gasteiger partial charge on any atom is -0.348 e. The van der Waals surface area contributed by atoms with Gasteiger partial charge in [-0.2, -0.15) is 0 Å². The van der Waals surface area contributed by atoms with E-state index in [2.05, 4.69) is 10.0 Å². The normalized spacial score (nSPS) is 26.1. The van der Waals surface area contributed by atoms with Crippen molar-refractivity contribution in [2.75, 3.05) is 26.4 Å². The standard InChI is InChI=1S/C10H11N3O2.C10H13NO2.CH4/c11-13-12-9-6-14-10(15-7-9)8-4-2-1-3-5-8;11-9-6-12-10(13-7-9)8-4-2-1-3-5-8;/h1-5,9-10H,6-7H2;1-5,9-10H,6-7,11H2;1H4. The van der Waals surface area contributed by atoms with Crippen molar-refractivity contribution < 1.29 is 18.9 Å². The predicted molar refractivity (Wildman–Crippen MR) is 110 cm³/mol. The lowest BCUT2D eigenvalue weighted by atomic mass is 10.2. The predicted octanol–water partition coefficient (Wildman–Crippen LogP) is 4.11. The van der Waals surface area contributed by atoms with E-state index in [-0.39, 0.29) is 32.1 Å². The Labute approximate surface area is 171 Å². The molecule has 0 unspecified atom stereocenters. The highest BCUT2D eigenvalue weighted by molar-refractivity contribution is 5.17. The van der Waals surface area contributed by atoms with E-state index in [1.807, 2.05) is 60.7 Å². The molecule has 2 fully saturated rings. The van der Waals surface area contributed by atoms with E-state index in [1.165, 1.54) is 0 Å². The number of hydrogen-bond acceptors (Lipinski definition) is 6. The summed E-state index contributed by atoms with van der Waals surface area (Å²) in [5.74, 6) is 0. The zero-order chi connectivity index (χ0) is 19.6. The average molecular weight is 400 g/mol. The maximum atomic E-state index is 8.25. The third kappa shape index (κ3) is 7.14. The monoisotopic (exact) mass is 400 g/mol. The van der Waals surface area contributed by atoms with Crippen LogP contribution in [0, 0.1) is 0 Å². The van der Waals surface area contributed by atoms with Gasteiger partial charge in [0.25, 0.3) is 0 Å². The van der Waals surface area contributed by atoms with Crippen molar-refractivity contribution in [3.63, 3.8) is 0 Å². The fourth-order valence-corrected chi connectivity index (χ4v) is 2.76. The number of benzene rings is 2. The van der Waals surface area contributed by atoms with Gasteiger partial charge < -0.3 is 24.7 Å². The zero-order valence-corrected chi connectivity index (χ0v) is 15.5. The molecule has 0 spiro atoms. The van der Waals surface area contributed by atoms with Crippen LogP contribution < -0.4 is 5.73 Å². The molecular formula is C21H28N4O4. The van der Waals surface area contributed by atoms with Crippen LogP contribution in [-0.2, 0) is 18.9 Å². The van der Waals surface area contributed by atoms with Crippen molar-refractivity contribution in [2.45, 2.75) is 32.1 Å². The smallest absolute Gasteiger partial charge is 0.183 e. The first-order valence-corrected chi connectivity index (χ1v) is 9.12. The van der Waals surface area contributed by atoms with Crippen molar-refractivity contribution in [3.05, 3.63) is 82.2 Å². The second-order valence-electron chi connectivity index (χ2n) is 6.44. The molecule has 2 aliphatic rings. The third-order valence-corrected chi connectivity index (χ3v) is 4.16. The summed E-state index contributed by atoms with van der Waals surface area (Å²) < 4.78 is 21.7. The van der Waals surface area contributed by atoms with Crippen molar-refractivity contribution in [1.82, 2.24) is 0 Å². The van der Waals surface area contributed by atoms with Gasteiger partial charge in [-0.05, 0) is 5.53 Å². The van der Waals surface area contributed by atoms with E-state index in [0.29, 0.717) is 26.4 Å². The van der Waals surface area contributed by atoms with Crippen LogP contribution in [0.15, 0.2) is 65.8 Å². The van der Waals surface area contributed by atoms with Gasteiger partial charge >= 0.3 is 0 Å². The Morgan fingerprint density at radius 1 is 0.759 bits per heavy atom. The molecule has 2 aromatic carbocycles. The fraction of sp³-hybridized carbons (Fsp3) is 0.429. The van der Waals surface area contributed by atoms with Crippen LogP contribution in [0.3, 0.4) is 0 Å². The first kappa shape index (κ1) is 22.8. The van der Waals surface area contributed by atoms with E-state index in [0.717, 1.165) is 11.1 Å². The maximum Gasteiger partial charge on any atom is 0.183 e. The Kier molecular flexibility index (Phi) is 9.59. The second-order valence-corrected chi connectivity index (χ2v) is 6.44. The topological polar surface area (TPSA) is 112 Å². The summed E-state index contributed by atoms with van der Waals surface area (Å²) in [7, 11) is 0. The molecule has 2 N–H and O–H groups in total. The van der Waals surface area contributed by atoms with Crippen LogP contribution in [-0.4, -0.2) is 38.5 Å². The summed E-state index contributed by atoms with van der Waals surface area (Å²) in [6.07, 6.45) is -0.572. The molecule has 0 amide bonds. The molecule has 0 atom stereocenters. The highest BCUT2D eigenvalue weighted by Gasteiger charge is 2.22. The summed E-state index contributed by atoms with van der Waals surface area (Å²) in [5, 5.41) is 3.54. The van der Waals surface area contributed by atoms with Crippen LogP contribution in [0.4, 0.5) is 0 Å². The van der Waals surface area contributed by atoms with Gasteiger partial charge in [0.15, 0.2) is 12.6 Å². The zero-order valence-electron chi connectivity index (χ0n) is 15.5. The minimum absolute atomic E-state index is 0. The lowest BCUT2D eigenvalue weighted by molar-refractivity contribution is -0.190. The Hall–Kier alpha value is -2.45. The maximum absolute atomic E-state index is 8.25. The van der Waals surface area contributed by atoms with Crippen molar-refractivity contribution in [3.8, 4) is 0 Å². The quantitative estimate of drug-likeness (QED) is 0.473. The molecule has 2 saturated heterocycles. The van der Waals surface area contributed by atoms with Gasteiger partial charge in [0, 0.05) is 16.0 Å². The molecule has 156 valence electrons. The summed E-state index contributed by atoms with van der Waals surface area (Å²) in [6.45, 7) is 1.95. The molecule has 2 aromatic rings. The number of ether oxygens (including phenoxy) is 4. The van der Waals surface area contributed by atoms with Crippen LogP contribution >= 0.6 is 0 Å². The van der Waals surface area contributed by atoms with Crippen LogP contribution in [0.2, 0.25) is 0 Å². The van der Waals surface area contributed by atoms with Gasteiger partial charge in [-0.3, -0.25) is 0 Å². The van der Waals surface area contributed by atoms with E-state index < -0.39 is 0 Å². The van der Waals surface area contributed by atoms with Gasteiger partial charge in [0.1, 0.15) is 0 Å². The molecule has 8 nitrogen and oxygen atoms in total. The molecule has 2 aliphatic heterocycles. The van der Waals surface area contributed by atoms with Crippen molar-refractivity contribution in [1.29, 1.82) is 0 Å². The Morgan fingerprint density at radius 3 is 1.59 bits per heavy atom. The summed E-state index contributed by atoms with van der Waals surface area (Å²) in [4.78, 5) is 2.72. The largest absolute Gasteiger partial charge is 0.348 e. The highest BCUT2D eigenvalue weighted by Crippen LogP contribution is 2.23. The molecule has 4 rings (SSSR count). The first-order chi connectivity index (χ1) is 13.8. The number of nitrogens with two attached hydrogens (primary N) is 1. The summed E-state index contributed by atoms with van der Waals surface area (Å²) in [5.41, 5.74) is 15.9. The van der Waals surface area contributed by atoms with Crippen molar-refractivity contribution >= 4 is 0 Å². The molecule has 0 aromatic heterocycles. The molecule has 2 heterocycles. The highest BCUT2D eigenvalue weighted by atomic mass is 16.7. The number of azide groups is 1. The SMILES string of the molecule is C.NC1COC(c2ccccc2)OC1.[N-]=[N+]=NC1COC(c2ccccc2)OC1. The van der Waals surface area contributed by atoms with Crippen LogP contribution in [0.25, 0.3) is 10.4 Å². The first-order valence-electron chi connectivity index (χ1n) is 9.12. The molecule has 0 bridgehead atoms. The van der Waals surface area contributed by atoms with E-state index in [4.69, 9.17) is 30.2 Å². The Balaban J connectivity index is 0.000000202. The Morgan fingerprint density at radius 2 is 1.17 bits per heavy atom. The minimum atomic E-state index is -0.337. The van der Waals surface area contributed by atoms with Gasteiger partial charge in [-0.25, -0.2) is 0 Å². The average Bonchev–Trinajstić information content (AvgIpc) is 2.77. The number of hydrogen-bond donors (Lipinski definition) is 1. The lowest BCUT2D eigenvalue weighted by Crippen LogP contribution is -2.37. The molecular weight excluding hydrogens is 372 g/mol. The Bertz CT molecular complexity index is 740. The van der Waals surface area contributed by atoms with E-state index >= 15 is 0 Å². The van der Waals surface area contributed by atoms with Crippen LogP contribution in [0.5, 0.6) is 0 Å². The lowest BCUT2D eigenvalue weighted by Gasteiger charge is -2.27. The summed E-state index contributed by atoms with van der Waals surface area (Å²) >= 11 is 0. The third-order valence-electron chi connectivity index (χ3n) is 4.16. The molecule has 8 heteroatoms. The van der Waals surface area contributed by atoms with Crippen LogP contribution in [0.1, 0.15) is 31.1 Å². The fourth-order valence-electron chi connectivity index (χ4n) is 2.76. The summed E-state index contributed by atoms with van der Waals surface area (Å²) in [6, 6.07) is 19.4.